The molecule has 0 saturated carbocycles. The minimum absolute atomic E-state index is 0. The van der Waals surface area contributed by atoms with E-state index in [9.17, 15) is 10.1 Å². The van der Waals surface area contributed by atoms with Gasteiger partial charge in [0.05, 0.1) is 11.0 Å². The molecule has 26 heavy (non-hydrogen) atoms. The third-order valence-corrected chi connectivity index (χ3v) is 4.93. The number of benzene rings is 1. The predicted molar refractivity (Wildman–Crippen MR) is 119 cm³/mol. The maximum Gasteiger partial charge on any atom is 0.269 e. The molecule has 2 N–H and O–H groups in total. The number of nitrogens with zero attached hydrogens (tertiary/aromatic N) is 2. The van der Waals surface area contributed by atoms with E-state index in [1.54, 1.807) is 30.5 Å². The van der Waals surface area contributed by atoms with E-state index in [1.807, 2.05) is 18.2 Å². The summed E-state index contributed by atoms with van der Waals surface area (Å²) in [5.41, 5.74) is 1.26. The molecule has 142 valence electrons. The second kappa shape index (κ2) is 11.8. The van der Waals surface area contributed by atoms with Gasteiger partial charge in [0.15, 0.2) is 5.96 Å². The quantitative estimate of drug-likeness (QED) is 0.143. The molecule has 1 heterocycles. The summed E-state index contributed by atoms with van der Waals surface area (Å²) < 4.78 is 0. The predicted octanol–water partition coefficient (Wildman–Crippen LogP) is 4.52. The minimum atomic E-state index is -0.372. The van der Waals surface area contributed by atoms with E-state index in [2.05, 4.69) is 34.0 Å². The van der Waals surface area contributed by atoms with Gasteiger partial charge < -0.3 is 10.6 Å². The number of rotatable bonds is 8. The maximum absolute atomic E-state index is 10.6. The topological polar surface area (TPSA) is 79.6 Å². The molecule has 2 aromatic rings. The first-order chi connectivity index (χ1) is 12.1. The van der Waals surface area contributed by atoms with Crippen LogP contribution in [0.3, 0.4) is 0 Å². The van der Waals surface area contributed by atoms with Gasteiger partial charge in [0.1, 0.15) is 0 Å². The van der Waals surface area contributed by atoms with Crippen molar-refractivity contribution >= 4 is 47.0 Å². The second-order valence-corrected chi connectivity index (χ2v) is 6.74. The number of thiophene rings is 1. The minimum Gasteiger partial charge on any atom is -0.356 e. The molecule has 1 aromatic carbocycles. The average Bonchev–Trinajstić information content (AvgIpc) is 3.15. The lowest BCUT2D eigenvalue weighted by molar-refractivity contribution is -0.384. The number of unbranched alkanes of at least 4 members (excludes halogenated alkanes) is 1. The summed E-state index contributed by atoms with van der Waals surface area (Å²) in [6.45, 7) is 2.96. The smallest absolute Gasteiger partial charge is 0.269 e. The summed E-state index contributed by atoms with van der Waals surface area (Å²) in [4.78, 5) is 15.8. The van der Waals surface area contributed by atoms with Gasteiger partial charge in [0.25, 0.3) is 5.69 Å². The van der Waals surface area contributed by atoms with Gasteiger partial charge in [-0.15, -0.1) is 35.3 Å². The van der Waals surface area contributed by atoms with Crippen LogP contribution in [-0.2, 0) is 6.42 Å². The zero-order valence-corrected chi connectivity index (χ0v) is 18.1. The molecule has 1 unspecified atom stereocenters. The van der Waals surface area contributed by atoms with Crippen molar-refractivity contribution < 1.29 is 4.92 Å². The molecule has 1 aromatic heterocycles. The number of hydrogen-bond donors (Lipinski definition) is 2. The number of nitrogens with one attached hydrogen (secondary N) is 2. The Morgan fingerprint density at radius 2 is 2.00 bits per heavy atom. The summed E-state index contributed by atoms with van der Waals surface area (Å²) in [6, 6.07) is 11.2. The van der Waals surface area contributed by atoms with Crippen molar-refractivity contribution in [2.45, 2.75) is 32.2 Å². The van der Waals surface area contributed by atoms with Gasteiger partial charge in [-0.3, -0.25) is 15.1 Å². The molecule has 0 aliphatic heterocycles. The molecule has 6 nitrogen and oxygen atoms in total. The Kier molecular flexibility index (Phi) is 10.2. The van der Waals surface area contributed by atoms with E-state index >= 15 is 0 Å². The van der Waals surface area contributed by atoms with Crippen LogP contribution in [0.2, 0.25) is 0 Å². The number of nitro groups is 1. The van der Waals surface area contributed by atoms with Crippen molar-refractivity contribution in [3.05, 3.63) is 62.3 Å². The monoisotopic (exact) mass is 488 g/mol. The summed E-state index contributed by atoms with van der Waals surface area (Å²) in [7, 11) is 1.77. The van der Waals surface area contributed by atoms with Gasteiger partial charge in [-0.05, 0) is 43.2 Å². The Balaban J connectivity index is 0.00000338. The van der Waals surface area contributed by atoms with Crippen LogP contribution in [0.4, 0.5) is 5.69 Å². The van der Waals surface area contributed by atoms with Gasteiger partial charge in [-0.2, -0.15) is 0 Å². The summed E-state index contributed by atoms with van der Waals surface area (Å²) >= 11 is 1.73. The highest BCUT2D eigenvalue weighted by atomic mass is 127. The first kappa shape index (κ1) is 22.4. The van der Waals surface area contributed by atoms with E-state index in [0.717, 1.165) is 37.3 Å². The molecule has 1 atom stereocenters. The lowest BCUT2D eigenvalue weighted by atomic mass is 10.1. The number of guanidine groups is 1. The van der Waals surface area contributed by atoms with Crippen molar-refractivity contribution in [3.63, 3.8) is 0 Å². The number of hydrogen-bond acceptors (Lipinski definition) is 4. The fourth-order valence-electron chi connectivity index (χ4n) is 2.45. The average molecular weight is 488 g/mol. The van der Waals surface area contributed by atoms with E-state index in [4.69, 9.17) is 0 Å². The molecule has 0 aliphatic carbocycles. The summed E-state index contributed by atoms with van der Waals surface area (Å²) in [5, 5.41) is 19.4. The number of non-ortho nitro benzene ring substituents is 1. The first-order valence-corrected chi connectivity index (χ1v) is 9.22. The summed E-state index contributed by atoms with van der Waals surface area (Å²) in [6.07, 6.45) is 2.94. The van der Waals surface area contributed by atoms with E-state index in [1.165, 1.54) is 4.88 Å². The molecular weight excluding hydrogens is 463 g/mol. The van der Waals surface area contributed by atoms with Crippen LogP contribution in [0.25, 0.3) is 0 Å². The van der Waals surface area contributed by atoms with Crippen LogP contribution < -0.4 is 10.6 Å². The van der Waals surface area contributed by atoms with Crippen molar-refractivity contribution in [2.24, 2.45) is 4.99 Å². The largest absolute Gasteiger partial charge is 0.356 e. The Bertz CT molecular complexity index is 690. The van der Waals surface area contributed by atoms with Gasteiger partial charge in [-0.1, -0.05) is 18.2 Å². The number of aliphatic imine (C=N–C) groups is 1. The molecule has 0 bridgehead atoms. The molecule has 0 fully saturated rings. The van der Waals surface area contributed by atoms with Gasteiger partial charge in [0.2, 0.25) is 0 Å². The Labute approximate surface area is 175 Å². The first-order valence-electron chi connectivity index (χ1n) is 8.34. The fourth-order valence-corrected chi connectivity index (χ4v) is 3.19. The highest BCUT2D eigenvalue weighted by Gasteiger charge is 2.08. The van der Waals surface area contributed by atoms with Crippen LogP contribution >= 0.6 is 35.3 Å². The van der Waals surface area contributed by atoms with Crippen molar-refractivity contribution in [1.82, 2.24) is 10.6 Å². The summed E-state index contributed by atoms with van der Waals surface area (Å²) in [5.74, 6) is 0.802. The van der Waals surface area contributed by atoms with Crippen LogP contribution in [0.15, 0.2) is 46.8 Å². The third kappa shape index (κ3) is 7.28. The number of halogens is 1. The highest BCUT2D eigenvalue weighted by Crippen LogP contribution is 2.17. The van der Waals surface area contributed by atoms with Crippen LogP contribution in [0.5, 0.6) is 0 Å². The van der Waals surface area contributed by atoms with E-state index in [0.29, 0.717) is 0 Å². The molecule has 0 aliphatic rings. The third-order valence-electron chi connectivity index (χ3n) is 3.88. The number of aryl methyl sites for hydroxylation is 1. The van der Waals surface area contributed by atoms with Crippen LogP contribution in [0.1, 0.15) is 36.2 Å². The van der Waals surface area contributed by atoms with E-state index in [-0.39, 0.29) is 40.6 Å². The lowest BCUT2D eigenvalue weighted by Crippen LogP contribution is -2.38. The molecule has 0 spiro atoms. The van der Waals surface area contributed by atoms with Crippen molar-refractivity contribution in [1.29, 1.82) is 0 Å². The maximum atomic E-state index is 10.6. The van der Waals surface area contributed by atoms with Gasteiger partial charge in [-0.25, -0.2) is 0 Å². The molecular formula is C18H25IN4O2S. The standard InChI is InChI=1S/C18H24N4O2S.HI/c1-14(17-7-5-13-25-17)21-18(19-2)20-12-4-3-6-15-8-10-16(11-9-15)22(23)24;/h5,7-11,13-14H,3-4,6,12H2,1-2H3,(H2,19,20,21);1H. The molecule has 2 rings (SSSR count). The Morgan fingerprint density at radius 1 is 1.27 bits per heavy atom. The number of nitro benzene ring substituents is 1. The fraction of sp³-hybridized carbons (Fsp3) is 0.389. The van der Waals surface area contributed by atoms with Gasteiger partial charge >= 0.3 is 0 Å². The zero-order valence-electron chi connectivity index (χ0n) is 15.0. The van der Waals surface area contributed by atoms with Crippen molar-refractivity contribution in [3.8, 4) is 0 Å². The molecule has 0 amide bonds. The molecule has 0 radical (unpaired) electrons. The Hall–Kier alpha value is -1.68. The molecule has 0 saturated heterocycles. The highest BCUT2D eigenvalue weighted by molar-refractivity contribution is 14.0. The zero-order chi connectivity index (χ0) is 18.1. The second-order valence-electron chi connectivity index (χ2n) is 5.76. The molecule has 8 heteroatoms. The Morgan fingerprint density at radius 3 is 2.58 bits per heavy atom. The lowest BCUT2D eigenvalue weighted by Gasteiger charge is -2.16. The van der Waals surface area contributed by atoms with Crippen molar-refractivity contribution in [2.75, 3.05) is 13.6 Å². The van der Waals surface area contributed by atoms with Crippen LogP contribution in [-0.4, -0.2) is 24.5 Å². The van der Waals surface area contributed by atoms with Crippen LogP contribution in [0, 0.1) is 10.1 Å². The normalized spacial score (nSPS) is 12.2. The van der Waals surface area contributed by atoms with Gasteiger partial charge in [0, 0.05) is 30.6 Å². The SMILES string of the molecule is CN=C(NCCCCc1ccc([N+](=O)[O-])cc1)NC(C)c1cccs1.I. The van der Waals surface area contributed by atoms with E-state index < -0.39 is 0 Å².